The predicted octanol–water partition coefficient (Wildman–Crippen LogP) is 4.96. The fourth-order valence-corrected chi connectivity index (χ4v) is 3.35. The highest BCUT2D eigenvalue weighted by molar-refractivity contribution is 5.81. The summed E-state index contributed by atoms with van der Waals surface area (Å²) in [4.78, 5) is 10.8. The van der Waals surface area contributed by atoms with Crippen LogP contribution in [0.4, 0.5) is 0 Å². The van der Waals surface area contributed by atoms with Gasteiger partial charge in [0.2, 0.25) is 0 Å². The molecule has 0 bridgehead atoms. The van der Waals surface area contributed by atoms with Gasteiger partial charge in [0.15, 0.2) is 0 Å². The normalized spacial score (nSPS) is 10.6. The maximum Gasteiger partial charge on any atom is 0.330 e. The van der Waals surface area contributed by atoms with E-state index in [-0.39, 0.29) is 6.61 Å². The van der Waals surface area contributed by atoms with E-state index in [4.69, 9.17) is 33.7 Å². The van der Waals surface area contributed by atoms with Gasteiger partial charge in [0.1, 0.15) is 12.4 Å². The van der Waals surface area contributed by atoms with E-state index < -0.39 is 5.97 Å². The van der Waals surface area contributed by atoms with E-state index in [0.717, 1.165) is 55.2 Å². The van der Waals surface area contributed by atoms with E-state index in [1.165, 1.54) is 0 Å². The molecule has 0 amide bonds. The summed E-state index contributed by atoms with van der Waals surface area (Å²) in [6.45, 7) is 8.33. The van der Waals surface area contributed by atoms with E-state index >= 15 is 0 Å². The van der Waals surface area contributed by atoms with Crippen LogP contribution in [-0.4, -0.2) is 72.0 Å². The molecule has 0 aliphatic heterocycles. The maximum atomic E-state index is 10.8. The lowest BCUT2D eigenvalue weighted by Gasteiger charge is -2.08. The summed E-state index contributed by atoms with van der Waals surface area (Å²) in [6, 6.07) is 17.7. The second-order valence-electron chi connectivity index (χ2n) is 8.30. The predicted molar refractivity (Wildman–Crippen MR) is 145 cm³/mol. The second-order valence-corrected chi connectivity index (χ2v) is 8.30. The van der Waals surface area contributed by atoms with E-state index in [2.05, 4.69) is 12.6 Å². The highest BCUT2D eigenvalue weighted by Gasteiger charge is 2.00. The van der Waals surface area contributed by atoms with Crippen LogP contribution in [0.2, 0.25) is 0 Å². The molecule has 0 saturated carbocycles. The second kappa shape index (κ2) is 20.8. The molecule has 0 aromatic heterocycles. The van der Waals surface area contributed by atoms with Gasteiger partial charge in [-0.05, 0) is 54.7 Å². The average Bonchev–Trinajstić information content (AvgIpc) is 2.96. The third-order valence-corrected chi connectivity index (χ3v) is 5.41. The molecular weight excluding hydrogens is 486 g/mol. The van der Waals surface area contributed by atoms with Crippen molar-refractivity contribution >= 4 is 5.97 Å². The molecule has 0 heterocycles. The first-order valence-corrected chi connectivity index (χ1v) is 13.1. The molecule has 8 heteroatoms. The number of ether oxygens (including phenoxy) is 6. The maximum absolute atomic E-state index is 10.8. The Morgan fingerprint density at radius 2 is 1.13 bits per heavy atom. The van der Waals surface area contributed by atoms with Gasteiger partial charge in [-0.1, -0.05) is 37.3 Å². The van der Waals surface area contributed by atoms with Crippen molar-refractivity contribution < 1.29 is 33.2 Å². The molecule has 0 radical (unpaired) electrons. The number of unbranched alkanes of at least 4 members (excludes halogenated alkanes) is 3. The first-order valence-electron chi connectivity index (χ1n) is 13.1. The molecule has 0 N–H and O–H groups in total. The zero-order valence-corrected chi connectivity index (χ0v) is 22.1. The SMILES string of the molecule is C=CC(=O)OCCOCCOCCOCCOCCCCCCOc1ccc(-c2ccc(C#N)cc2)cc1. The molecule has 206 valence electrons. The minimum absolute atomic E-state index is 0.209. The van der Waals surface area contributed by atoms with Crippen LogP contribution in [0, 0.1) is 11.3 Å². The molecule has 2 aromatic rings. The topological polar surface area (TPSA) is 96.2 Å². The zero-order valence-electron chi connectivity index (χ0n) is 22.1. The lowest BCUT2D eigenvalue weighted by Crippen LogP contribution is -2.14. The van der Waals surface area contributed by atoms with Crippen molar-refractivity contribution in [3.63, 3.8) is 0 Å². The number of esters is 1. The summed E-state index contributed by atoms with van der Waals surface area (Å²) in [7, 11) is 0. The molecule has 8 nitrogen and oxygen atoms in total. The van der Waals surface area contributed by atoms with E-state index in [1.807, 2.05) is 48.5 Å². The van der Waals surface area contributed by atoms with Crippen molar-refractivity contribution in [3.8, 4) is 22.9 Å². The Labute approximate surface area is 226 Å². The van der Waals surface area contributed by atoms with Crippen molar-refractivity contribution in [2.24, 2.45) is 0 Å². The third-order valence-electron chi connectivity index (χ3n) is 5.41. The number of carbonyl (C=O) groups excluding carboxylic acids is 1. The van der Waals surface area contributed by atoms with Crippen molar-refractivity contribution in [3.05, 3.63) is 66.7 Å². The van der Waals surface area contributed by atoms with E-state index in [0.29, 0.717) is 58.4 Å². The number of nitriles is 1. The molecule has 0 spiro atoms. The van der Waals surface area contributed by atoms with Crippen LogP contribution in [-0.2, 0) is 28.5 Å². The van der Waals surface area contributed by atoms with Gasteiger partial charge in [0.25, 0.3) is 0 Å². The Hall–Kier alpha value is -3.22. The van der Waals surface area contributed by atoms with Gasteiger partial charge in [-0.15, -0.1) is 0 Å². The molecule has 0 unspecified atom stereocenters. The number of benzene rings is 2. The minimum atomic E-state index is -0.451. The number of carbonyl (C=O) groups is 1. The van der Waals surface area contributed by atoms with Crippen LogP contribution in [0.15, 0.2) is 61.2 Å². The number of nitrogens with zero attached hydrogens (tertiary/aromatic N) is 1. The molecule has 2 rings (SSSR count). The molecular formula is C30H39NO7. The molecule has 0 saturated heterocycles. The number of hydrogen-bond donors (Lipinski definition) is 0. The largest absolute Gasteiger partial charge is 0.494 e. The van der Waals surface area contributed by atoms with E-state index in [1.54, 1.807) is 0 Å². The smallest absolute Gasteiger partial charge is 0.330 e. The lowest BCUT2D eigenvalue weighted by molar-refractivity contribution is -0.139. The number of rotatable bonds is 22. The number of hydrogen-bond acceptors (Lipinski definition) is 8. The molecule has 38 heavy (non-hydrogen) atoms. The zero-order chi connectivity index (χ0) is 27.1. The van der Waals surface area contributed by atoms with Gasteiger partial charge in [-0.3, -0.25) is 0 Å². The molecule has 0 aliphatic rings. The van der Waals surface area contributed by atoms with Crippen LogP contribution in [0.1, 0.15) is 31.2 Å². The van der Waals surface area contributed by atoms with E-state index in [9.17, 15) is 4.79 Å². The molecule has 0 fully saturated rings. The summed E-state index contributed by atoms with van der Waals surface area (Å²) >= 11 is 0. The summed E-state index contributed by atoms with van der Waals surface area (Å²) < 4.78 is 32.4. The summed E-state index contributed by atoms with van der Waals surface area (Å²) in [5, 5.41) is 8.91. The Morgan fingerprint density at radius 1 is 0.658 bits per heavy atom. The van der Waals surface area contributed by atoms with Gasteiger partial charge >= 0.3 is 5.97 Å². The fraction of sp³-hybridized carbons (Fsp3) is 0.467. The van der Waals surface area contributed by atoms with Gasteiger partial charge in [0.05, 0.1) is 64.5 Å². The highest BCUT2D eigenvalue weighted by Crippen LogP contribution is 2.23. The summed E-state index contributed by atoms with van der Waals surface area (Å²) in [5.74, 6) is 0.418. The third kappa shape index (κ3) is 14.5. The Bertz CT molecular complexity index is 939. The standard InChI is InChI=1S/C30H39NO7/c1-2-30(32)38-24-23-36-22-21-35-20-19-34-18-17-33-15-5-3-4-6-16-37-29-13-11-28(12-14-29)27-9-7-26(25-31)8-10-27/h2,7-14H,1,3-6,15-24H2. The quantitative estimate of drug-likeness (QED) is 0.121. The van der Waals surface area contributed by atoms with Crippen molar-refractivity contribution in [2.45, 2.75) is 25.7 Å². The Balaban J connectivity index is 1.32. The van der Waals surface area contributed by atoms with Crippen LogP contribution < -0.4 is 4.74 Å². The van der Waals surface area contributed by atoms with Gasteiger partial charge in [-0.2, -0.15) is 5.26 Å². The van der Waals surface area contributed by atoms with Gasteiger partial charge in [0, 0.05) is 12.7 Å². The van der Waals surface area contributed by atoms with Crippen LogP contribution in [0.3, 0.4) is 0 Å². The molecule has 0 aliphatic carbocycles. The average molecular weight is 526 g/mol. The Morgan fingerprint density at radius 3 is 1.66 bits per heavy atom. The minimum Gasteiger partial charge on any atom is -0.494 e. The van der Waals surface area contributed by atoms with Crippen LogP contribution in [0.5, 0.6) is 5.75 Å². The molecule has 2 aromatic carbocycles. The fourth-order valence-electron chi connectivity index (χ4n) is 3.35. The summed E-state index contributed by atoms with van der Waals surface area (Å²) in [6.07, 6.45) is 5.36. The van der Waals surface area contributed by atoms with Crippen molar-refractivity contribution in [1.29, 1.82) is 5.26 Å². The molecule has 0 atom stereocenters. The summed E-state index contributed by atoms with van der Waals surface area (Å²) in [5.41, 5.74) is 2.85. The first kappa shape index (κ1) is 31.0. The highest BCUT2D eigenvalue weighted by atomic mass is 16.6. The lowest BCUT2D eigenvalue weighted by atomic mass is 10.0. The first-order chi connectivity index (χ1) is 18.7. The Kier molecular flexibility index (Phi) is 17.0. The monoisotopic (exact) mass is 525 g/mol. The van der Waals surface area contributed by atoms with Crippen LogP contribution >= 0.6 is 0 Å². The van der Waals surface area contributed by atoms with Crippen molar-refractivity contribution in [1.82, 2.24) is 0 Å². The van der Waals surface area contributed by atoms with Gasteiger partial charge < -0.3 is 28.4 Å². The van der Waals surface area contributed by atoms with Crippen molar-refractivity contribution in [2.75, 3.05) is 66.1 Å². The van der Waals surface area contributed by atoms with Crippen LogP contribution in [0.25, 0.3) is 11.1 Å². The van der Waals surface area contributed by atoms with Gasteiger partial charge in [-0.25, -0.2) is 4.79 Å².